The van der Waals surface area contributed by atoms with Crippen molar-refractivity contribution in [2.45, 2.75) is 13.8 Å². The highest BCUT2D eigenvalue weighted by Crippen LogP contribution is 2.26. The maximum atomic E-state index is 12.5. The van der Waals surface area contributed by atoms with Gasteiger partial charge in [-0.2, -0.15) is 0 Å². The van der Waals surface area contributed by atoms with Crippen LogP contribution in [0, 0.1) is 13.8 Å². The number of rotatable bonds is 3. The fourth-order valence-corrected chi connectivity index (χ4v) is 2.49. The van der Waals surface area contributed by atoms with Crippen LogP contribution in [0.4, 0.5) is 5.69 Å². The summed E-state index contributed by atoms with van der Waals surface area (Å²) in [6, 6.07) is 13.5. The lowest BCUT2D eigenvalue weighted by Gasteiger charge is -2.05. The first-order chi connectivity index (χ1) is 10.6. The van der Waals surface area contributed by atoms with Gasteiger partial charge in [0.05, 0.1) is 7.11 Å². The van der Waals surface area contributed by atoms with Gasteiger partial charge in [0.25, 0.3) is 5.91 Å². The number of aromatic amines is 1. The Morgan fingerprint density at radius 3 is 2.50 bits per heavy atom. The van der Waals surface area contributed by atoms with E-state index in [9.17, 15) is 4.79 Å². The highest BCUT2D eigenvalue weighted by molar-refractivity contribution is 6.07. The van der Waals surface area contributed by atoms with Crippen molar-refractivity contribution in [3.8, 4) is 5.75 Å². The smallest absolute Gasteiger partial charge is 0.272 e. The number of benzene rings is 2. The molecular weight excluding hydrogens is 276 g/mol. The van der Waals surface area contributed by atoms with E-state index in [1.165, 1.54) is 0 Å². The summed E-state index contributed by atoms with van der Waals surface area (Å²) in [7, 11) is 1.63. The summed E-state index contributed by atoms with van der Waals surface area (Å²) in [6.45, 7) is 3.95. The molecule has 0 spiro atoms. The van der Waals surface area contributed by atoms with Crippen LogP contribution >= 0.6 is 0 Å². The number of hydrogen-bond acceptors (Lipinski definition) is 2. The molecule has 1 aromatic heterocycles. The van der Waals surface area contributed by atoms with Gasteiger partial charge in [-0.3, -0.25) is 4.79 Å². The van der Waals surface area contributed by atoms with Crippen LogP contribution in [-0.2, 0) is 0 Å². The molecule has 0 saturated carbocycles. The number of carbonyl (C=O) groups is 1. The number of ether oxygens (including phenoxy) is 1. The Labute approximate surface area is 129 Å². The second-order valence-electron chi connectivity index (χ2n) is 5.36. The van der Waals surface area contributed by atoms with Gasteiger partial charge in [-0.15, -0.1) is 0 Å². The van der Waals surface area contributed by atoms with Crippen LogP contribution in [0.3, 0.4) is 0 Å². The lowest BCUT2D eigenvalue weighted by Crippen LogP contribution is -2.13. The van der Waals surface area contributed by atoms with Gasteiger partial charge in [0, 0.05) is 16.6 Å². The van der Waals surface area contributed by atoms with Crippen LogP contribution in [0.2, 0.25) is 0 Å². The molecule has 0 fully saturated rings. The topological polar surface area (TPSA) is 54.1 Å². The molecule has 0 bridgehead atoms. The Morgan fingerprint density at radius 1 is 1.09 bits per heavy atom. The highest BCUT2D eigenvalue weighted by atomic mass is 16.5. The van der Waals surface area contributed by atoms with Crippen molar-refractivity contribution in [3.63, 3.8) is 0 Å². The molecule has 1 heterocycles. The number of anilines is 1. The quantitative estimate of drug-likeness (QED) is 0.765. The third kappa shape index (κ3) is 2.55. The molecule has 0 atom stereocenters. The molecule has 0 aliphatic carbocycles. The van der Waals surface area contributed by atoms with E-state index in [1.807, 2.05) is 56.3 Å². The minimum absolute atomic E-state index is 0.142. The summed E-state index contributed by atoms with van der Waals surface area (Å²) in [6.07, 6.45) is 0. The third-order valence-corrected chi connectivity index (χ3v) is 3.80. The second-order valence-corrected chi connectivity index (χ2v) is 5.36. The van der Waals surface area contributed by atoms with Gasteiger partial charge in [0.1, 0.15) is 11.4 Å². The van der Waals surface area contributed by atoms with Crippen molar-refractivity contribution < 1.29 is 9.53 Å². The molecule has 1 amide bonds. The van der Waals surface area contributed by atoms with E-state index in [-0.39, 0.29) is 5.91 Å². The first-order valence-corrected chi connectivity index (χ1v) is 7.13. The molecule has 2 N–H and O–H groups in total. The molecule has 0 aliphatic heterocycles. The summed E-state index contributed by atoms with van der Waals surface area (Å²) < 4.78 is 5.24. The van der Waals surface area contributed by atoms with Crippen LogP contribution in [0.5, 0.6) is 5.75 Å². The Morgan fingerprint density at radius 2 is 1.82 bits per heavy atom. The van der Waals surface area contributed by atoms with Gasteiger partial charge in [-0.1, -0.05) is 17.7 Å². The first kappa shape index (κ1) is 14.2. The van der Waals surface area contributed by atoms with Gasteiger partial charge in [-0.25, -0.2) is 0 Å². The van der Waals surface area contributed by atoms with Crippen LogP contribution in [-0.4, -0.2) is 18.0 Å². The molecule has 0 unspecified atom stereocenters. The summed E-state index contributed by atoms with van der Waals surface area (Å²) in [5, 5.41) is 3.91. The predicted octanol–water partition coefficient (Wildman–Crippen LogP) is 4.05. The minimum Gasteiger partial charge on any atom is -0.497 e. The highest BCUT2D eigenvalue weighted by Gasteiger charge is 2.15. The minimum atomic E-state index is -0.142. The molecule has 112 valence electrons. The fraction of sp³-hybridized carbons (Fsp3) is 0.167. The molecule has 0 saturated heterocycles. The van der Waals surface area contributed by atoms with Gasteiger partial charge in [-0.05, 0) is 49.7 Å². The van der Waals surface area contributed by atoms with Crippen molar-refractivity contribution in [2.75, 3.05) is 12.4 Å². The molecular formula is C18H18N2O2. The molecule has 3 rings (SSSR count). The monoisotopic (exact) mass is 294 g/mol. The van der Waals surface area contributed by atoms with E-state index in [1.54, 1.807) is 7.11 Å². The molecule has 0 radical (unpaired) electrons. The van der Waals surface area contributed by atoms with Crippen LogP contribution < -0.4 is 10.1 Å². The lowest BCUT2D eigenvalue weighted by molar-refractivity contribution is 0.102. The molecule has 22 heavy (non-hydrogen) atoms. The Bertz CT molecular complexity index is 832. The number of fused-ring (bicyclic) bond motifs is 1. The van der Waals surface area contributed by atoms with Crippen molar-refractivity contribution in [3.05, 3.63) is 59.3 Å². The number of carbonyl (C=O) groups excluding carboxylic acids is 1. The molecule has 0 aliphatic rings. The van der Waals surface area contributed by atoms with Gasteiger partial charge in [0.15, 0.2) is 0 Å². The number of aromatic nitrogens is 1. The Balaban J connectivity index is 1.93. The zero-order chi connectivity index (χ0) is 15.7. The summed E-state index contributed by atoms with van der Waals surface area (Å²) >= 11 is 0. The molecule has 4 heteroatoms. The van der Waals surface area contributed by atoms with Gasteiger partial charge in [0.2, 0.25) is 0 Å². The standard InChI is InChI=1S/C18H18N2O2/c1-11-4-6-13(7-5-11)19-18(21)17-12(2)15-10-14(22-3)8-9-16(15)20-17/h4-10,20H,1-3H3,(H,19,21). The fourth-order valence-electron chi connectivity index (χ4n) is 2.49. The van der Waals surface area contributed by atoms with Crippen LogP contribution in [0.25, 0.3) is 10.9 Å². The van der Waals surface area contributed by atoms with Crippen LogP contribution in [0.1, 0.15) is 21.6 Å². The van der Waals surface area contributed by atoms with Gasteiger partial charge < -0.3 is 15.0 Å². The van der Waals surface area contributed by atoms with E-state index in [4.69, 9.17) is 4.74 Å². The summed E-state index contributed by atoms with van der Waals surface area (Å²) in [5.74, 6) is 0.636. The van der Waals surface area contributed by atoms with Crippen LogP contribution in [0.15, 0.2) is 42.5 Å². The largest absolute Gasteiger partial charge is 0.497 e. The van der Waals surface area contributed by atoms with Crippen molar-refractivity contribution in [2.24, 2.45) is 0 Å². The Kier molecular flexibility index (Phi) is 3.59. The van der Waals surface area contributed by atoms with E-state index < -0.39 is 0 Å². The Hall–Kier alpha value is -2.75. The average molecular weight is 294 g/mol. The maximum absolute atomic E-state index is 12.5. The van der Waals surface area contributed by atoms with E-state index in [0.29, 0.717) is 5.69 Å². The van der Waals surface area contributed by atoms with Crippen molar-refractivity contribution >= 4 is 22.5 Å². The number of H-pyrrole nitrogens is 1. The van der Waals surface area contributed by atoms with E-state index in [0.717, 1.165) is 33.5 Å². The molecule has 3 aromatic rings. The number of methoxy groups -OCH3 is 1. The van der Waals surface area contributed by atoms with E-state index >= 15 is 0 Å². The SMILES string of the molecule is COc1ccc2[nH]c(C(=O)Nc3ccc(C)cc3)c(C)c2c1. The maximum Gasteiger partial charge on any atom is 0.272 e. The number of nitrogens with one attached hydrogen (secondary N) is 2. The van der Waals surface area contributed by atoms with E-state index in [2.05, 4.69) is 10.3 Å². The summed E-state index contributed by atoms with van der Waals surface area (Å²) in [5.41, 5.74) is 4.35. The van der Waals surface area contributed by atoms with Crippen molar-refractivity contribution in [1.29, 1.82) is 0 Å². The van der Waals surface area contributed by atoms with Gasteiger partial charge >= 0.3 is 0 Å². The number of hydrogen-bond donors (Lipinski definition) is 2. The lowest BCUT2D eigenvalue weighted by atomic mass is 10.1. The normalized spacial score (nSPS) is 10.7. The zero-order valence-electron chi connectivity index (χ0n) is 12.9. The number of amides is 1. The zero-order valence-corrected chi connectivity index (χ0v) is 12.9. The average Bonchev–Trinajstić information content (AvgIpc) is 2.86. The number of aryl methyl sites for hydroxylation is 2. The molecule has 4 nitrogen and oxygen atoms in total. The first-order valence-electron chi connectivity index (χ1n) is 7.13. The van der Waals surface area contributed by atoms with Crippen molar-refractivity contribution in [1.82, 2.24) is 4.98 Å². The third-order valence-electron chi connectivity index (χ3n) is 3.80. The second kappa shape index (κ2) is 5.56. The summed E-state index contributed by atoms with van der Waals surface area (Å²) in [4.78, 5) is 15.6. The predicted molar refractivity (Wildman–Crippen MR) is 88.7 cm³/mol. The molecule has 2 aromatic carbocycles.